The number of benzene rings is 1. The molecule has 1 amide bonds. The van der Waals surface area contributed by atoms with E-state index in [0.717, 1.165) is 0 Å². The lowest BCUT2D eigenvalue weighted by atomic mass is 10.2. The molecule has 1 fully saturated rings. The lowest BCUT2D eigenvalue weighted by Crippen LogP contribution is -2.55. The van der Waals surface area contributed by atoms with Gasteiger partial charge >= 0.3 is 5.97 Å². The number of hydrogen-bond donors (Lipinski definition) is 1. The van der Waals surface area contributed by atoms with Crippen LogP contribution in [-0.2, 0) is 14.3 Å². The zero-order valence-electron chi connectivity index (χ0n) is 12.1. The van der Waals surface area contributed by atoms with Gasteiger partial charge in [-0.2, -0.15) is 5.26 Å². The molecule has 0 aromatic heterocycles. The summed E-state index contributed by atoms with van der Waals surface area (Å²) in [4.78, 5) is 24.9. The quantitative estimate of drug-likeness (QED) is 0.876. The van der Waals surface area contributed by atoms with Crippen molar-refractivity contribution in [2.45, 2.75) is 19.1 Å². The van der Waals surface area contributed by atoms with E-state index in [9.17, 15) is 9.59 Å². The van der Waals surface area contributed by atoms with Crippen molar-refractivity contribution in [1.29, 1.82) is 5.26 Å². The third-order valence-corrected chi connectivity index (χ3v) is 3.36. The predicted molar refractivity (Wildman–Crippen MR) is 75.2 cm³/mol. The van der Waals surface area contributed by atoms with Crippen molar-refractivity contribution in [3.05, 3.63) is 29.8 Å². The number of ether oxygens (including phenoxy) is 2. The summed E-state index contributed by atoms with van der Waals surface area (Å²) >= 11 is 0. The third-order valence-electron chi connectivity index (χ3n) is 3.36. The summed E-state index contributed by atoms with van der Waals surface area (Å²) in [5, 5.41) is 18.2. The number of hydrogen-bond acceptors (Lipinski definition) is 5. The largest absolute Gasteiger partial charge is 0.480 e. The monoisotopic (exact) mass is 304 g/mol. The number of carboxylic acids is 1. The molecule has 1 aromatic carbocycles. The Morgan fingerprint density at radius 1 is 1.50 bits per heavy atom. The van der Waals surface area contributed by atoms with Gasteiger partial charge in [0.15, 0.2) is 12.1 Å². The van der Waals surface area contributed by atoms with Gasteiger partial charge in [-0.1, -0.05) is 12.1 Å². The molecule has 0 radical (unpaired) electrons. The number of carbonyl (C=O) groups excluding carboxylic acids is 1. The van der Waals surface area contributed by atoms with Crippen LogP contribution in [0.5, 0.6) is 5.75 Å². The second kappa shape index (κ2) is 6.91. The van der Waals surface area contributed by atoms with E-state index in [2.05, 4.69) is 0 Å². The molecule has 1 N–H and O–H groups in total. The molecule has 0 bridgehead atoms. The smallest absolute Gasteiger partial charge is 0.328 e. The van der Waals surface area contributed by atoms with Crippen LogP contribution in [0.15, 0.2) is 24.3 Å². The molecular weight excluding hydrogens is 288 g/mol. The standard InChI is InChI=1S/C15H16N2O5/c1-10(22-13-5-3-2-4-11(13)8-16)14(18)17-6-7-21-9-12(17)15(19)20/h2-5,10,12H,6-7,9H2,1H3,(H,19,20)/t10-,12-/m0/s1. The SMILES string of the molecule is C[C@H](Oc1ccccc1C#N)C(=O)N1CCOC[C@H]1C(=O)O. The van der Waals surface area contributed by atoms with Gasteiger partial charge < -0.3 is 19.5 Å². The Labute approximate surface area is 127 Å². The number of rotatable bonds is 4. The summed E-state index contributed by atoms with van der Waals surface area (Å²) in [6.45, 7) is 1.98. The van der Waals surface area contributed by atoms with Crippen LogP contribution < -0.4 is 4.74 Å². The molecule has 116 valence electrons. The van der Waals surface area contributed by atoms with Crippen molar-refractivity contribution in [3.63, 3.8) is 0 Å². The van der Waals surface area contributed by atoms with Crippen LogP contribution in [0.25, 0.3) is 0 Å². The highest BCUT2D eigenvalue weighted by molar-refractivity contribution is 5.86. The van der Waals surface area contributed by atoms with Gasteiger partial charge in [0.1, 0.15) is 11.8 Å². The molecule has 7 nitrogen and oxygen atoms in total. The fourth-order valence-electron chi connectivity index (χ4n) is 2.21. The number of aliphatic carboxylic acids is 1. The first kappa shape index (κ1) is 15.8. The third kappa shape index (κ3) is 3.35. The zero-order valence-corrected chi connectivity index (χ0v) is 12.1. The molecule has 0 unspecified atom stereocenters. The van der Waals surface area contributed by atoms with Crippen molar-refractivity contribution < 1.29 is 24.2 Å². The lowest BCUT2D eigenvalue weighted by Gasteiger charge is -2.34. The average molecular weight is 304 g/mol. The van der Waals surface area contributed by atoms with Gasteiger partial charge in [0, 0.05) is 6.54 Å². The van der Waals surface area contributed by atoms with E-state index < -0.39 is 24.0 Å². The summed E-state index contributed by atoms with van der Waals surface area (Å²) in [5.41, 5.74) is 0.318. The maximum Gasteiger partial charge on any atom is 0.328 e. The molecule has 2 rings (SSSR count). The van der Waals surface area contributed by atoms with Crippen LogP contribution in [0.3, 0.4) is 0 Å². The van der Waals surface area contributed by atoms with Gasteiger partial charge in [-0.15, -0.1) is 0 Å². The average Bonchev–Trinajstić information content (AvgIpc) is 2.54. The minimum atomic E-state index is -1.11. The highest BCUT2D eigenvalue weighted by Crippen LogP contribution is 2.19. The van der Waals surface area contributed by atoms with Crippen molar-refractivity contribution in [1.82, 2.24) is 4.90 Å². The molecule has 0 spiro atoms. The number of nitriles is 1. The summed E-state index contributed by atoms with van der Waals surface area (Å²) in [6, 6.07) is 7.54. The van der Waals surface area contributed by atoms with Gasteiger partial charge in [0.25, 0.3) is 5.91 Å². The molecule has 1 saturated heterocycles. The number of para-hydroxylation sites is 1. The fourth-order valence-corrected chi connectivity index (χ4v) is 2.21. The minimum Gasteiger partial charge on any atom is -0.480 e. The number of nitrogens with zero attached hydrogens (tertiary/aromatic N) is 2. The second-order valence-corrected chi connectivity index (χ2v) is 4.83. The highest BCUT2D eigenvalue weighted by atomic mass is 16.5. The van der Waals surface area contributed by atoms with Gasteiger partial charge in [0.2, 0.25) is 0 Å². The maximum atomic E-state index is 12.4. The Morgan fingerprint density at radius 3 is 2.91 bits per heavy atom. The number of amides is 1. The number of carbonyl (C=O) groups is 2. The van der Waals surface area contributed by atoms with Crippen LogP contribution in [-0.4, -0.2) is 53.8 Å². The molecule has 0 aliphatic carbocycles. The molecule has 2 atom stereocenters. The fraction of sp³-hybridized carbons (Fsp3) is 0.400. The summed E-state index contributed by atoms with van der Waals surface area (Å²) < 4.78 is 10.6. The molecule has 7 heteroatoms. The van der Waals surface area contributed by atoms with E-state index >= 15 is 0 Å². The lowest BCUT2D eigenvalue weighted by molar-refractivity contribution is -0.161. The van der Waals surface area contributed by atoms with Gasteiger partial charge in [-0.05, 0) is 19.1 Å². The summed E-state index contributed by atoms with van der Waals surface area (Å²) in [6.07, 6.45) is -0.894. The van der Waals surface area contributed by atoms with E-state index in [1.54, 1.807) is 24.3 Å². The van der Waals surface area contributed by atoms with Crippen LogP contribution >= 0.6 is 0 Å². The molecule has 1 aromatic rings. The van der Waals surface area contributed by atoms with Gasteiger partial charge in [0.05, 0.1) is 18.8 Å². The summed E-state index contributed by atoms with van der Waals surface area (Å²) in [7, 11) is 0. The van der Waals surface area contributed by atoms with E-state index in [1.807, 2.05) is 6.07 Å². The molecule has 1 aliphatic heterocycles. The van der Waals surface area contributed by atoms with E-state index in [1.165, 1.54) is 11.8 Å². The number of morpholine rings is 1. The Balaban J connectivity index is 2.11. The van der Waals surface area contributed by atoms with E-state index in [-0.39, 0.29) is 19.8 Å². The van der Waals surface area contributed by atoms with Gasteiger partial charge in [-0.3, -0.25) is 4.79 Å². The second-order valence-electron chi connectivity index (χ2n) is 4.83. The van der Waals surface area contributed by atoms with Crippen LogP contribution in [0.4, 0.5) is 0 Å². The Bertz CT molecular complexity index is 610. The molecule has 0 saturated carbocycles. The minimum absolute atomic E-state index is 0.0391. The number of carboxylic acid groups (broad SMARTS) is 1. The maximum absolute atomic E-state index is 12.4. The zero-order chi connectivity index (χ0) is 16.1. The Morgan fingerprint density at radius 2 is 2.23 bits per heavy atom. The Kier molecular flexibility index (Phi) is 4.96. The molecule has 1 heterocycles. The topological polar surface area (TPSA) is 99.9 Å². The van der Waals surface area contributed by atoms with Crippen molar-refractivity contribution >= 4 is 11.9 Å². The van der Waals surface area contributed by atoms with Crippen molar-refractivity contribution in [3.8, 4) is 11.8 Å². The first-order valence-corrected chi connectivity index (χ1v) is 6.81. The van der Waals surface area contributed by atoms with Gasteiger partial charge in [-0.25, -0.2) is 4.79 Å². The first-order chi connectivity index (χ1) is 10.5. The van der Waals surface area contributed by atoms with Crippen LogP contribution in [0.2, 0.25) is 0 Å². The predicted octanol–water partition coefficient (Wildman–Crippen LogP) is 0.638. The van der Waals surface area contributed by atoms with E-state index in [4.69, 9.17) is 19.8 Å². The van der Waals surface area contributed by atoms with E-state index in [0.29, 0.717) is 11.3 Å². The van der Waals surface area contributed by atoms with Crippen molar-refractivity contribution in [2.75, 3.05) is 19.8 Å². The first-order valence-electron chi connectivity index (χ1n) is 6.81. The molecular formula is C15H16N2O5. The highest BCUT2D eigenvalue weighted by Gasteiger charge is 2.35. The normalized spacial score (nSPS) is 19.1. The summed E-state index contributed by atoms with van der Waals surface area (Å²) in [5.74, 6) is -1.26. The Hall–Kier alpha value is -2.59. The van der Waals surface area contributed by atoms with Crippen molar-refractivity contribution in [2.24, 2.45) is 0 Å². The molecule has 22 heavy (non-hydrogen) atoms. The molecule has 1 aliphatic rings. The van der Waals surface area contributed by atoms with Crippen LogP contribution in [0.1, 0.15) is 12.5 Å². The van der Waals surface area contributed by atoms with Crippen LogP contribution in [0, 0.1) is 11.3 Å².